The van der Waals surface area contributed by atoms with E-state index < -0.39 is 0 Å². The SMILES string of the molecule is CC(=O)NC1COc2cc(-c3noc(C)n3)ccc21. The molecule has 0 saturated heterocycles. The Bertz CT molecular complexity index is 636. The molecule has 1 aliphatic rings. The van der Waals surface area contributed by atoms with Gasteiger partial charge in [-0.15, -0.1) is 0 Å². The molecule has 2 aromatic rings. The number of amides is 1. The molecule has 98 valence electrons. The number of nitrogens with one attached hydrogen (secondary N) is 1. The zero-order chi connectivity index (χ0) is 13.4. The predicted octanol–water partition coefficient (Wildman–Crippen LogP) is 1.61. The molecule has 1 atom stereocenters. The summed E-state index contributed by atoms with van der Waals surface area (Å²) >= 11 is 0. The highest BCUT2D eigenvalue weighted by Crippen LogP contribution is 2.35. The molecule has 1 aromatic heterocycles. The van der Waals surface area contributed by atoms with Gasteiger partial charge < -0.3 is 14.6 Å². The number of hydrogen-bond acceptors (Lipinski definition) is 5. The van der Waals surface area contributed by atoms with Gasteiger partial charge in [-0.05, 0) is 6.07 Å². The van der Waals surface area contributed by atoms with Gasteiger partial charge in [-0.3, -0.25) is 4.79 Å². The third kappa shape index (κ3) is 2.16. The van der Waals surface area contributed by atoms with Crippen LogP contribution in [0.4, 0.5) is 0 Å². The number of benzene rings is 1. The van der Waals surface area contributed by atoms with E-state index in [-0.39, 0.29) is 11.9 Å². The van der Waals surface area contributed by atoms with E-state index in [1.807, 2.05) is 18.2 Å². The van der Waals surface area contributed by atoms with Gasteiger partial charge in [0.05, 0.1) is 6.04 Å². The topological polar surface area (TPSA) is 77.2 Å². The molecule has 1 amide bonds. The highest BCUT2D eigenvalue weighted by Gasteiger charge is 2.25. The fourth-order valence-electron chi connectivity index (χ4n) is 2.13. The Labute approximate surface area is 109 Å². The van der Waals surface area contributed by atoms with Gasteiger partial charge in [-0.1, -0.05) is 17.3 Å². The first-order valence-electron chi connectivity index (χ1n) is 5.98. The van der Waals surface area contributed by atoms with E-state index in [0.717, 1.165) is 16.9 Å². The molecular weight excluding hydrogens is 246 g/mol. The summed E-state index contributed by atoms with van der Waals surface area (Å²) in [6.07, 6.45) is 0. The second-order valence-electron chi connectivity index (χ2n) is 4.45. The van der Waals surface area contributed by atoms with Crippen LogP contribution in [0.2, 0.25) is 0 Å². The summed E-state index contributed by atoms with van der Waals surface area (Å²) in [5.74, 6) is 1.73. The molecule has 0 fully saturated rings. The number of aromatic nitrogens is 2. The molecule has 1 unspecified atom stereocenters. The predicted molar refractivity (Wildman–Crippen MR) is 66.5 cm³/mol. The largest absolute Gasteiger partial charge is 0.491 e. The molecule has 1 aromatic carbocycles. The fraction of sp³-hybridized carbons (Fsp3) is 0.308. The molecule has 2 heterocycles. The number of carbonyl (C=O) groups is 1. The van der Waals surface area contributed by atoms with E-state index in [1.54, 1.807) is 6.92 Å². The monoisotopic (exact) mass is 259 g/mol. The minimum atomic E-state index is -0.0893. The molecule has 1 N–H and O–H groups in total. The highest BCUT2D eigenvalue weighted by molar-refractivity contribution is 5.74. The molecule has 3 rings (SSSR count). The van der Waals surface area contributed by atoms with Crippen LogP contribution in [0.5, 0.6) is 5.75 Å². The number of ether oxygens (including phenoxy) is 1. The molecular formula is C13H13N3O3. The Morgan fingerprint density at radius 3 is 3.00 bits per heavy atom. The minimum Gasteiger partial charge on any atom is -0.491 e. The molecule has 0 bridgehead atoms. The number of hydrogen-bond donors (Lipinski definition) is 1. The normalized spacial score (nSPS) is 16.8. The Morgan fingerprint density at radius 1 is 1.47 bits per heavy atom. The van der Waals surface area contributed by atoms with Gasteiger partial charge in [-0.2, -0.15) is 4.98 Å². The van der Waals surface area contributed by atoms with Gasteiger partial charge in [0.2, 0.25) is 17.6 Å². The van der Waals surface area contributed by atoms with Crippen LogP contribution in [-0.2, 0) is 4.79 Å². The van der Waals surface area contributed by atoms with Gasteiger partial charge >= 0.3 is 0 Å². The van der Waals surface area contributed by atoms with Crippen molar-refractivity contribution >= 4 is 5.91 Å². The van der Waals surface area contributed by atoms with Crippen molar-refractivity contribution < 1.29 is 14.1 Å². The third-order valence-electron chi connectivity index (χ3n) is 2.96. The summed E-state index contributed by atoms with van der Waals surface area (Å²) in [5.41, 5.74) is 1.80. The fourth-order valence-corrected chi connectivity index (χ4v) is 2.13. The Hall–Kier alpha value is -2.37. The number of fused-ring (bicyclic) bond motifs is 1. The second-order valence-corrected chi connectivity index (χ2v) is 4.45. The Balaban J connectivity index is 1.92. The maximum atomic E-state index is 11.1. The summed E-state index contributed by atoms with van der Waals surface area (Å²) in [4.78, 5) is 15.3. The lowest BCUT2D eigenvalue weighted by molar-refractivity contribution is -0.119. The van der Waals surface area contributed by atoms with Crippen molar-refractivity contribution in [3.63, 3.8) is 0 Å². The van der Waals surface area contributed by atoms with E-state index in [0.29, 0.717) is 18.3 Å². The summed E-state index contributed by atoms with van der Waals surface area (Å²) in [6.45, 7) is 3.69. The van der Waals surface area contributed by atoms with Crippen LogP contribution in [0.1, 0.15) is 24.4 Å². The van der Waals surface area contributed by atoms with Crippen molar-refractivity contribution in [2.45, 2.75) is 19.9 Å². The Morgan fingerprint density at radius 2 is 2.32 bits per heavy atom. The lowest BCUT2D eigenvalue weighted by Gasteiger charge is -2.09. The highest BCUT2D eigenvalue weighted by atomic mass is 16.5. The molecule has 1 aliphatic heterocycles. The first-order valence-corrected chi connectivity index (χ1v) is 5.98. The van der Waals surface area contributed by atoms with Gasteiger partial charge in [0.15, 0.2) is 0 Å². The number of nitrogens with zero attached hydrogens (tertiary/aromatic N) is 2. The van der Waals surface area contributed by atoms with Crippen LogP contribution in [0.15, 0.2) is 22.7 Å². The summed E-state index contributed by atoms with van der Waals surface area (Å²) < 4.78 is 10.5. The molecule has 0 aliphatic carbocycles. The molecule has 6 heteroatoms. The van der Waals surface area contributed by atoms with Crippen molar-refractivity contribution in [1.82, 2.24) is 15.5 Å². The zero-order valence-electron chi connectivity index (χ0n) is 10.6. The smallest absolute Gasteiger partial charge is 0.223 e. The van der Waals surface area contributed by atoms with Gasteiger partial charge in [0, 0.05) is 25.0 Å². The quantitative estimate of drug-likeness (QED) is 0.886. The van der Waals surface area contributed by atoms with Crippen LogP contribution in [0, 0.1) is 6.92 Å². The van der Waals surface area contributed by atoms with Gasteiger partial charge in [-0.25, -0.2) is 0 Å². The maximum absolute atomic E-state index is 11.1. The van der Waals surface area contributed by atoms with Crippen LogP contribution >= 0.6 is 0 Å². The van der Waals surface area contributed by atoms with E-state index in [4.69, 9.17) is 9.26 Å². The average molecular weight is 259 g/mol. The first-order chi connectivity index (χ1) is 9.13. The Kier molecular flexibility index (Phi) is 2.70. The van der Waals surface area contributed by atoms with Crippen LogP contribution in [-0.4, -0.2) is 22.7 Å². The summed E-state index contributed by atoms with van der Waals surface area (Å²) in [5, 5.41) is 6.72. The van der Waals surface area contributed by atoms with E-state index >= 15 is 0 Å². The van der Waals surface area contributed by atoms with E-state index in [9.17, 15) is 4.79 Å². The second kappa shape index (κ2) is 4.38. The molecule has 6 nitrogen and oxygen atoms in total. The zero-order valence-corrected chi connectivity index (χ0v) is 10.6. The van der Waals surface area contributed by atoms with E-state index in [1.165, 1.54) is 6.92 Å². The van der Waals surface area contributed by atoms with Crippen molar-refractivity contribution in [1.29, 1.82) is 0 Å². The third-order valence-corrected chi connectivity index (χ3v) is 2.96. The molecule has 0 saturated carbocycles. The lowest BCUT2D eigenvalue weighted by atomic mass is 10.1. The average Bonchev–Trinajstić information content (AvgIpc) is 2.95. The maximum Gasteiger partial charge on any atom is 0.223 e. The van der Waals surface area contributed by atoms with Crippen LogP contribution in [0.25, 0.3) is 11.4 Å². The molecule has 19 heavy (non-hydrogen) atoms. The molecule has 0 spiro atoms. The number of carbonyl (C=O) groups excluding carboxylic acids is 1. The van der Waals surface area contributed by atoms with Crippen molar-refractivity contribution in [3.05, 3.63) is 29.7 Å². The van der Waals surface area contributed by atoms with E-state index in [2.05, 4.69) is 15.5 Å². The molecule has 0 radical (unpaired) electrons. The van der Waals surface area contributed by atoms with Crippen LogP contribution < -0.4 is 10.1 Å². The summed E-state index contributed by atoms with van der Waals surface area (Å²) in [7, 11) is 0. The lowest BCUT2D eigenvalue weighted by Crippen LogP contribution is -2.26. The van der Waals surface area contributed by atoms with Crippen LogP contribution in [0.3, 0.4) is 0 Å². The minimum absolute atomic E-state index is 0.0701. The standard InChI is InChI=1S/C13H13N3O3/c1-7(17)14-11-6-18-12-5-9(3-4-10(11)12)13-15-8(2)19-16-13/h3-5,11H,6H2,1-2H3,(H,14,17). The van der Waals surface area contributed by atoms with Crippen molar-refractivity contribution in [3.8, 4) is 17.1 Å². The van der Waals surface area contributed by atoms with Gasteiger partial charge in [0.1, 0.15) is 12.4 Å². The number of aryl methyl sites for hydroxylation is 1. The van der Waals surface area contributed by atoms with Gasteiger partial charge in [0.25, 0.3) is 0 Å². The van der Waals surface area contributed by atoms with Crippen molar-refractivity contribution in [2.75, 3.05) is 6.61 Å². The first kappa shape index (κ1) is 11.7. The summed E-state index contributed by atoms with van der Waals surface area (Å²) in [6, 6.07) is 5.59. The van der Waals surface area contributed by atoms with Crippen molar-refractivity contribution in [2.24, 2.45) is 0 Å². The number of rotatable bonds is 2.